The van der Waals surface area contributed by atoms with Gasteiger partial charge in [-0.25, -0.2) is 0 Å². The molecule has 0 atom stereocenters. The molecule has 1 aliphatic rings. The number of anilines is 3. The van der Waals surface area contributed by atoms with Crippen LogP contribution in [0.5, 0.6) is 0 Å². The van der Waals surface area contributed by atoms with Crippen molar-refractivity contribution in [3.8, 4) is 0 Å². The lowest BCUT2D eigenvalue weighted by Gasteiger charge is -2.37. The summed E-state index contributed by atoms with van der Waals surface area (Å²) in [7, 11) is 0. The van der Waals surface area contributed by atoms with Crippen LogP contribution in [0.25, 0.3) is 0 Å². The predicted octanol–water partition coefficient (Wildman–Crippen LogP) is 3.66. The quantitative estimate of drug-likeness (QED) is 0.783. The van der Waals surface area contributed by atoms with E-state index in [0.29, 0.717) is 5.76 Å². The SMILES string of the molecule is O=C(Nc1ccc(N2CCN(c3[c]cccc3)CC2)cc1)c1ccco1. The van der Waals surface area contributed by atoms with Gasteiger partial charge in [0, 0.05) is 49.3 Å². The molecule has 1 radical (unpaired) electrons. The molecule has 1 aromatic heterocycles. The van der Waals surface area contributed by atoms with Gasteiger partial charge in [0.25, 0.3) is 5.91 Å². The van der Waals surface area contributed by atoms with Gasteiger partial charge in [0.05, 0.1) is 6.26 Å². The van der Waals surface area contributed by atoms with Crippen LogP contribution in [0.3, 0.4) is 0 Å². The molecule has 1 amide bonds. The minimum absolute atomic E-state index is 0.240. The standard InChI is InChI=1S/C21H20N3O2/c25-21(20-7-4-16-26-20)22-17-8-10-19(11-9-17)24-14-12-23(13-15-24)18-5-2-1-3-6-18/h1-5,7-11,16H,12-15H2,(H,22,25). The zero-order chi connectivity index (χ0) is 17.8. The first-order valence-electron chi connectivity index (χ1n) is 8.71. The highest BCUT2D eigenvalue weighted by atomic mass is 16.3. The largest absolute Gasteiger partial charge is 0.459 e. The number of carbonyl (C=O) groups is 1. The summed E-state index contributed by atoms with van der Waals surface area (Å²) in [6.07, 6.45) is 1.49. The molecule has 0 saturated carbocycles. The Labute approximate surface area is 152 Å². The van der Waals surface area contributed by atoms with Gasteiger partial charge in [0.2, 0.25) is 0 Å². The number of hydrogen-bond acceptors (Lipinski definition) is 4. The molecule has 1 fully saturated rings. The highest BCUT2D eigenvalue weighted by Gasteiger charge is 2.17. The van der Waals surface area contributed by atoms with Gasteiger partial charge >= 0.3 is 0 Å². The smallest absolute Gasteiger partial charge is 0.291 e. The lowest BCUT2D eigenvalue weighted by molar-refractivity contribution is 0.0996. The van der Waals surface area contributed by atoms with E-state index in [9.17, 15) is 4.79 Å². The first-order valence-corrected chi connectivity index (χ1v) is 8.71. The first kappa shape index (κ1) is 16.3. The third-order valence-corrected chi connectivity index (χ3v) is 4.55. The number of rotatable bonds is 4. The summed E-state index contributed by atoms with van der Waals surface area (Å²) in [4.78, 5) is 16.7. The summed E-state index contributed by atoms with van der Waals surface area (Å²) in [5.41, 5.74) is 3.08. The van der Waals surface area contributed by atoms with Crippen molar-refractivity contribution in [2.24, 2.45) is 0 Å². The molecule has 2 heterocycles. The summed E-state index contributed by atoms with van der Waals surface area (Å²) in [5.74, 6) is 0.0680. The molecule has 26 heavy (non-hydrogen) atoms. The van der Waals surface area contributed by atoms with Gasteiger partial charge in [-0.2, -0.15) is 0 Å². The Morgan fingerprint density at radius 3 is 2.35 bits per heavy atom. The Kier molecular flexibility index (Phi) is 4.60. The van der Waals surface area contributed by atoms with Crippen LogP contribution in [0.2, 0.25) is 0 Å². The van der Waals surface area contributed by atoms with Crippen LogP contribution in [0.15, 0.2) is 71.3 Å². The second-order valence-corrected chi connectivity index (χ2v) is 6.20. The Balaban J connectivity index is 1.35. The fraction of sp³-hybridized carbons (Fsp3) is 0.190. The number of piperazine rings is 1. The highest BCUT2D eigenvalue weighted by Crippen LogP contribution is 2.22. The van der Waals surface area contributed by atoms with E-state index in [2.05, 4.69) is 27.2 Å². The average molecular weight is 346 g/mol. The van der Waals surface area contributed by atoms with E-state index in [0.717, 1.165) is 43.2 Å². The molecule has 5 nitrogen and oxygen atoms in total. The number of benzene rings is 2. The van der Waals surface area contributed by atoms with Crippen LogP contribution in [-0.2, 0) is 0 Å². The van der Waals surface area contributed by atoms with Gasteiger partial charge in [0.15, 0.2) is 5.76 Å². The van der Waals surface area contributed by atoms with E-state index in [1.54, 1.807) is 12.1 Å². The van der Waals surface area contributed by atoms with Crippen molar-refractivity contribution in [3.05, 3.63) is 78.8 Å². The van der Waals surface area contributed by atoms with E-state index >= 15 is 0 Å². The summed E-state index contributed by atoms with van der Waals surface area (Å²) in [6.45, 7) is 3.86. The molecule has 1 saturated heterocycles. The molecular weight excluding hydrogens is 326 g/mol. The summed E-state index contributed by atoms with van der Waals surface area (Å²) in [6, 6.07) is 22.7. The molecule has 1 N–H and O–H groups in total. The Morgan fingerprint density at radius 1 is 0.923 bits per heavy atom. The second kappa shape index (κ2) is 7.35. The van der Waals surface area contributed by atoms with Gasteiger partial charge in [0.1, 0.15) is 0 Å². The number of furan rings is 1. The monoisotopic (exact) mass is 346 g/mol. The minimum Gasteiger partial charge on any atom is -0.459 e. The maximum atomic E-state index is 12.0. The van der Waals surface area contributed by atoms with Crippen LogP contribution >= 0.6 is 0 Å². The maximum absolute atomic E-state index is 12.0. The van der Waals surface area contributed by atoms with Crippen molar-refractivity contribution < 1.29 is 9.21 Å². The fourth-order valence-electron chi connectivity index (χ4n) is 3.14. The summed E-state index contributed by atoms with van der Waals surface area (Å²) in [5, 5.41) is 2.84. The van der Waals surface area contributed by atoms with Crippen LogP contribution in [-0.4, -0.2) is 32.1 Å². The molecule has 5 heteroatoms. The van der Waals surface area contributed by atoms with Crippen LogP contribution in [0.1, 0.15) is 10.6 Å². The molecule has 4 rings (SSSR count). The molecule has 0 unspecified atom stereocenters. The van der Waals surface area contributed by atoms with Crippen LogP contribution in [0, 0.1) is 6.07 Å². The number of para-hydroxylation sites is 1. The minimum atomic E-state index is -0.240. The van der Waals surface area contributed by atoms with Crippen molar-refractivity contribution in [2.75, 3.05) is 41.3 Å². The summed E-state index contributed by atoms with van der Waals surface area (Å²) >= 11 is 0. The molecule has 2 aromatic carbocycles. The van der Waals surface area contributed by atoms with E-state index < -0.39 is 0 Å². The average Bonchev–Trinajstić information content (AvgIpc) is 3.25. The molecule has 0 aliphatic carbocycles. The molecule has 0 bridgehead atoms. The van der Waals surface area contributed by atoms with Crippen molar-refractivity contribution in [3.63, 3.8) is 0 Å². The molecular formula is C21H20N3O2. The number of hydrogen-bond donors (Lipinski definition) is 1. The number of nitrogens with zero attached hydrogens (tertiary/aromatic N) is 2. The lowest BCUT2D eigenvalue weighted by atomic mass is 10.2. The van der Waals surface area contributed by atoms with Gasteiger partial charge in [-0.05, 0) is 42.5 Å². The normalized spacial score (nSPS) is 14.3. The zero-order valence-electron chi connectivity index (χ0n) is 14.4. The Bertz CT molecular complexity index is 837. The second-order valence-electron chi connectivity index (χ2n) is 6.20. The van der Waals surface area contributed by atoms with Crippen molar-refractivity contribution >= 4 is 23.0 Å². The maximum Gasteiger partial charge on any atom is 0.291 e. The Hall–Kier alpha value is -3.21. The van der Waals surface area contributed by atoms with E-state index in [1.807, 2.05) is 42.5 Å². The number of carbonyl (C=O) groups excluding carboxylic acids is 1. The van der Waals surface area contributed by atoms with Crippen molar-refractivity contribution in [2.45, 2.75) is 0 Å². The van der Waals surface area contributed by atoms with Gasteiger partial charge < -0.3 is 19.5 Å². The number of nitrogens with one attached hydrogen (secondary N) is 1. The lowest BCUT2D eigenvalue weighted by Crippen LogP contribution is -2.46. The fourth-order valence-corrected chi connectivity index (χ4v) is 3.14. The zero-order valence-corrected chi connectivity index (χ0v) is 14.4. The van der Waals surface area contributed by atoms with Gasteiger partial charge in [-0.1, -0.05) is 18.2 Å². The molecule has 131 valence electrons. The van der Waals surface area contributed by atoms with Crippen molar-refractivity contribution in [1.29, 1.82) is 0 Å². The van der Waals surface area contributed by atoms with Gasteiger partial charge in [-0.3, -0.25) is 4.79 Å². The van der Waals surface area contributed by atoms with E-state index in [-0.39, 0.29) is 5.91 Å². The van der Waals surface area contributed by atoms with E-state index in [4.69, 9.17) is 4.42 Å². The molecule has 1 aliphatic heterocycles. The van der Waals surface area contributed by atoms with Crippen LogP contribution in [0.4, 0.5) is 17.1 Å². The Morgan fingerprint density at radius 2 is 1.69 bits per heavy atom. The van der Waals surface area contributed by atoms with Crippen molar-refractivity contribution in [1.82, 2.24) is 0 Å². The predicted molar refractivity (Wildman–Crippen MR) is 103 cm³/mol. The van der Waals surface area contributed by atoms with E-state index in [1.165, 1.54) is 6.26 Å². The number of amides is 1. The summed E-state index contributed by atoms with van der Waals surface area (Å²) < 4.78 is 5.11. The first-order chi connectivity index (χ1) is 12.8. The highest BCUT2D eigenvalue weighted by molar-refractivity contribution is 6.02. The molecule has 3 aromatic rings. The third kappa shape index (κ3) is 3.57. The van der Waals surface area contributed by atoms with Gasteiger partial charge in [-0.15, -0.1) is 0 Å². The topological polar surface area (TPSA) is 48.7 Å². The molecule has 0 spiro atoms. The third-order valence-electron chi connectivity index (χ3n) is 4.55. The van der Waals surface area contributed by atoms with Crippen LogP contribution < -0.4 is 15.1 Å².